The summed E-state index contributed by atoms with van der Waals surface area (Å²) >= 11 is 5.87. The van der Waals surface area contributed by atoms with Crippen molar-refractivity contribution in [3.63, 3.8) is 0 Å². The van der Waals surface area contributed by atoms with E-state index in [4.69, 9.17) is 11.6 Å². The molecule has 1 aromatic carbocycles. The molecule has 2 rings (SSSR count). The zero-order chi connectivity index (χ0) is 20.6. The van der Waals surface area contributed by atoms with Crippen LogP contribution in [0.3, 0.4) is 0 Å². The Morgan fingerprint density at radius 3 is 2.39 bits per heavy atom. The van der Waals surface area contributed by atoms with E-state index in [1.165, 1.54) is 10.6 Å². The molecule has 0 saturated carbocycles. The molecule has 0 aromatic heterocycles. The van der Waals surface area contributed by atoms with Gasteiger partial charge in [0.15, 0.2) is 0 Å². The van der Waals surface area contributed by atoms with Crippen LogP contribution in [0.2, 0.25) is 5.02 Å². The fourth-order valence-electron chi connectivity index (χ4n) is 3.17. The van der Waals surface area contributed by atoms with Crippen LogP contribution in [-0.2, 0) is 14.8 Å². The van der Waals surface area contributed by atoms with Crippen molar-refractivity contribution in [1.29, 1.82) is 0 Å². The van der Waals surface area contributed by atoms with Crippen LogP contribution in [0.5, 0.6) is 0 Å². The first-order chi connectivity index (χ1) is 13.3. The molecule has 1 amide bonds. The molecule has 0 unspecified atom stereocenters. The van der Waals surface area contributed by atoms with Gasteiger partial charge in [0.2, 0.25) is 15.9 Å². The minimum atomic E-state index is -3.42. The number of nitrogens with one attached hydrogen (secondary N) is 1. The van der Waals surface area contributed by atoms with Crippen LogP contribution >= 0.6 is 11.6 Å². The minimum Gasteiger partial charge on any atom is -0.356 e. The summed E-state index contributed by atoms with van der Waals surface area (Å²) in [5.74, 6) is -0.0389. The van der Waals surface area contributed by atoms with Gasteiger partial charge in [0.25, 0.3) is 0 Å². The highest BCUT2D eigenvalue weighted by molar-refractivity contribution is 7.92. The Hall–Kier alpha value is -1.35. The Labute approximate surface area is 173 Å². The number of benzene rings is 1. The van der Waals surface area contributed by atoms with Crippen LogP contribution in [0.4, 0.5) is 5.69 Å². The monoisotopic (exact) mass is 430 g/mol. The average molecular weight is 431 g/mol. The number of rotatable bonds is 10. The summed E-state index contributed by atoms with van der Waals surface area (Å²) in [4.78, 5) is 16.8. The third kappa shape index (κ3) is 7.95. The molecule has 1 saturated heterocycles. The molecule has 1 fully saturated rings. The van der Waals surface area contributed by atoms with Gasteiger partial charge < -0.3 is 15.1 Å². The molecule has 1 aliphatic rings. The van der Waals surface area contributed by atoms with Gasteiger partial charge >= 0.3 is 0 Å². The summed E-state index contributed by atoms with van der Waals surface area (Å²) in [5.41, 5.74) is 0.555. The van der Waals surface area contributed by atoms with Crippen molar-refractivity contribution in [2.75, 3.05) is 63.4 Å². The number of likely N-dealkylation sites (N-methyl/N-ethyl adjacent to an activating group) is 1. The van der Waals surface area contributed by atoms with Gasteiger partial charge in [0.05, 0.1) is 11.9 Å². The van der Waals surface area contributed by atoms with Gasteiger partial charge in [0.1, 0.15) is 0 Å². The standard InChI is InChI=1S/C19H31ClN4O3S/c1-22-13-15-23(16-14-22)11-4-10-21-19(25)5-3-12-24(28(2,26)27)18-8-6-17(20)7-9-18/h6-9H,3-5,10-16H2,1-2H3,(H,21,25). The van der Waals surface area contributed by atoms with Gasteiger partial charge in [-0.1, -0.05) is 11.6 Å². The third-order valence-electron chi connectivity index (χ3n) is 4.85. The Morgan fingerprint density at radius 2 is 1.79 bits per heavy atom. The van der Waals surface area contributed by atoms with Crippen molar-refractivity contribution >= 4 is 33.2 Å². The maximum Gasteiger partial charge on any atom is 0.232 e. The minimum absolute atomic E-state index is 0.0389. The number of hydrogen-bond acceptors (Lipinski definition) is 5. The van der Waals surface area contributed by atoms with E-state index in [1.54, 1.807) is 24.3 Å². The number of anilines is 1. The maximum absolute atomic E-state index is 12.1. The van der Waals surface area contributed by atoms with Crippen molar-refractivity contribution in [1.82, 2.24) is 15.1 Å². The van der Waals surface area contributed by atoms with E-state index in [2.05, 4.69) is 22.2 Å². The number of hydrogen-bond donors (Lipinski definition) is 1. The molecule has 1 heterocycles. The molecule has 9 heteroatoms. The van der Waals surface area contributed by atoms with Crippen LogP contribution in [0.15, 0.2) is 24.3 Å². The number of carbonyl (C=O) groups is 1. The number of nitrogens with zero attached hydrogens (tertiary/aromatic N) is 3. The first kappa shape index (κ1) is 22.9. The lowest BCUT2D eigenvalue weighted by molar-refractivity contribution is -0.121. The smallest absolute Gasteiger partial charge is 0.232 e. The Morgan fingerprint density at radius 1 is 1.14 bits per heavy atom. The first-order valence-electron chi connectivity index (χ1n) is 9.66. The SMILES string of the molecule is CN1CCN(CCCNC(=O)CCCN(c2ccc(Cl)cc2)S(C)(=O)=O)CC1. The van der Waals surface area contributed by atoms with Crippen LogP contribution in [0, 0.1) is 0 Å². The summed E-state index contributed by atoms with van der Waals surface area (Å²) in [5, 5.41) is 3.48. The van der Waals surface area contributed by atoms with Crippen LogP contribution < -0.4 is 9.62 Å². The summed E-state index contributed by atoms with van der Waals surface area (Å²) in [7, 11) is -1.28. The average Bonchev–Trinajstić information content (AvgIpc) is 2.64. The molecule has 158 valence electrons. The van der Waals surface area contributed by atoms with Crippen molar-refractivity contribution in [3.8, 4) is 0 Å². The van der Waals surface area contributed by atoms with Crippen molar-refractivity contribution < 1.29 is 13.2 Å². The zero-order valence-corrected chi connectivity index (χ0v) is 18.3. The second kappa shape index (κ2) is 11.0. The fourth-order valence-corrected chi connectivity index (χ4v) is 4.26. The predicted molar refractivity (Wildman–Crippen MR) is 114 cm³/mol. The Kier molecular flexibility index (Phi) is 9.01. The van der Waals surface area contributed by atoms with Crippen molar-refractivity contribution in [3.05, 3.63) is 29.3 Å². The fraction of sp³-hybridized carbons (Fsp3) is 0.632. The number of amides is 1. The van der Waals surface area contributed by atoms with Gasteiger partial charge in [0, 0.05) is 50.7 Å². The van der Waals surface area contributed by atoms with Crippen molar-refractivity contribution in [2.45, 2.75) is 19.3 Å². The van der Waals surface area contributed by atoms with Crippen molar-refractivity contribution in [2.24, 2.45) is 0 Å². The van der Waals surface area contributed by atoms with E-state index in [1.807, 2.05) is 0 Å². The lowest BCUT2D eigenvalue weighted by atomic mass is 10.2. The van der Waals surface area contributed by atoms with E-state index >= 15 is 0 Å². The number of carbonyl (C=O) groups excluding carboxylic acids is 1. The van der Waals surface area contributed by atoms with Crippen LogP contribution in [-0.4, -0.2) is 83.2 Å². The van der Waals surface area contributed by atoms with Gasteiger partial charge in [-0.15, -0.1) is 0 Å². The van der Waals surface area contributed by atoms with Gasteiger partial charge in [-0.2, -0.15) is 0 Å². The molecule has 7 nitrogen and oxygen atoms in total. The molecule has 0 aliphatic carbocycles. The lowest BCUT2D eigenvalue weighted by Crippen LogP contribution is -2.45. The molecular formula is C19H31ClN4O3S. The van der Waals surface area contributed by atoms with Gasteiger partial charge in [-0.05, 0) is 50.7 Å². The Balaban J connectivity index is 1.67. The predicted octanol–water partition coefficient (Wildman–Crippen LogP) is 1.64. The third-order valence-corrected chi connectivity index (χ3v) is 6.30. The molecule has 1 aromatic rings. The molecule has 0 atom stereocenters. The summed E-state index contributed by atoms with van der Waals surface area (Å²) in [6.07, 6.45) is 2.85. The second-order valence-corrected chi connectivity index (χ2v) is 9.61. The van der Waals surface area contributed by atoms with Crippen LogP contribution in [0.25, 0.3) is 0 Å². The number of halogens is 1. The first-order valence-corrected chi connectivity index (χ1v) is 11.9. The summed E-state index contributed by atoms with van der Waals surface area (Å²) < 4.78 is 25.4. The normalized spacial score (nSPS) is 16.1. The highest BCUT2D eigenvalue weighted by atomic mass is 35.5. The molecule has 0 radical (unpaired) electrons. The zero-order valence-electron chi connectivity index (χ0n) is 16.7. The van der Waals surface area contributed by atoms with E-state index in [9.17, 15) is 13.2 Å². The molecule has 1 N–H and O–H groups in total. The Bertz CT molecular complexity index is 719. The molecule has 0 spiro atoms. The van der Waals surface area contributed by atoms with Gasteiger partial charge in [-0.3, -0.25) is 9.10 Å². The highest BCUT2D eigenvalue weighted by Crippen LogP contribution is 2.20. The van der Waals surface area contributed by atoms with E-state index in [0.29, 0.717) is 30.1 Å². The molecular weight excluding hydrogens is 400 g/mol. The summed E-state index contributed by atoms with van der Waals surface area (Å²) in [6, 6.07) is 6.65. The van der Waals surface area contributed by atoms with E-state index in [-0.39, 0.29) is 12.5 Å². The largest absolute Gasteiger partial charge is 0.356 e. The molecule has 1 aliphatic heterocycles. The number of piperazine rings is 1. The lowest BCUT2D eigenvalue weighted by Gasteiger charge is -2.32. The van der Waals surface area contributed by atoms with Gasteiger partial charge in [-0.25, -0.2) is 8.42 Å². The second-order valence-electron chi connectivity index (χ2n) is 7.26. The maximum atomic E-state index is 12.1. The highest BCUT2D eigenvalue weighted by Gasteiger charge is 2.17. The topological polar surface area (TPSA) is 73.0 Å². The summed E-state index contributed by atoms with van der Waals surface area (Å²) in [6.45, 7) is 6.25. The molecule has 0 bridgehead atoms. The molecule has 28 heavy (non-hydrogen) atoms. The van der Waals surface area contributed by atoms with E-state index in [0.717, 1.165) is 39.1 Å². The number of sulfonamides is 1. The van der Waals surface area contributed by atoms with Crippen LogP contribution in [0.1, 0.15) is 19.3 Å². The van der Waals surface area contributed by atoms with E-state index < -0.39 is 10.0 Å². The quantitative estimate of drug-likeness (QED) is 0.571.